The first-order chi connectivity index (χ1) is 8.25. The van der Waals surface area contributed by atoms with Crippen molar-refractivity contribution in [1.82, 2.24) is 14.9 Å². The first-order valence-corrected chi connectivity index (χ1v) is 6.48. The van der Waals surface area contributed by atoms with Crippen molar-refractivity contribution in [2.75, 3.05) is 19.8 Å². The molecule has 1 saturated heterocycles. The predicted octanol–water partition coefficient (Wildman–Crippen LogP) is 2.00. The van der Waals surface area contributed by atoms with Crippen LogP contribution in [0.1, 0.15) is 11.9 Å². The maximum atomic E-state index is 5.49. The maximum absolute atomic E-state index is 5.49. The molecule has 90 valence electrons. The summed E-state index contributed by atoms with van der Waals surface area (Å²) in [6, 6.07) is 6.36. The second-order valence-corrected chi connectivity index (χ2v) is 5.16. The van der Waals surface area contributed by atoms with Gasteiger partial charge in [0.05, 0.1) is 30.3 Å². The average molecular weight is 296 g/mol. The molecule has 17 heavy (non-hydrogen) atoms. The van der Waals surface area contributed by atoms with Crippen LogP contribution in [0.5, 0.6) is 0 Å². The fourth-order valence-corrected chi connectivity index (χ4v) is 2.58. The van der Waals surface area contributed by atoms with Crippen molar-refractivity contribution < 1.29 is 4.74 Å². The van der Waals surface area contributed by atoms with Gasteiger partial charge in [-0.15, -0.1) is 0 Å². The van der Waals surface area contributed by atoms with Crippen molar-refractivity contribution in [3.8, 4) is 0 Å². The molecule has 1 aromatic heterocycles. The van der Waals surface area contributed by atoms with E-state index in [0.717, 1.165) is 34.5 Å². The lowest BCUT2D eigenvalue weighted by Crippen LogP contribution is -2.36. The van der Waals surface area contributed by atoms with Gasteiger partial charge in [0.15, 0.2) is 0 Å². The van der Waals surface area contributed by atoms with Crippen molar-refractivity contribution in [1.29, 1.82) is 0 Å². The molecule has 2 heterocycles. The number of halogens is 1. The van der Waals surface area contributed by atoms with Gasteiger partial charge in [-0.3, -0.25) is 0 Å². The number of rotatable bonds is 1. The summed E-state index contributed by atoms with van der Waals surface area (Å²) in [6.07, 6.45) is 0. The number of fused-ring (bicyclic) bond motifs is 1. The highest BCUT2D eigenvalue weighted by atomic mass is 79.9. The summed E-state index contributed by atoms with van der Waals surface area (Å²) in [5.74, 6) is 1.04. The van der Waals surface area contributed by atoms with Crippen LogP contribution in [0.3, 0.4) is 0 Å². The van der Waals surface area contributed by atoms with Gasteiger partial charge in [-0.25, -0.2) is 4.98 Å². The minimum atomic E-state index is 0.194. The fraction of sp³-hybridized carbons (Fsp3) is 0.417. The first-order valence-electron chi connectivity index (χ1n) is 5.69. The van der Waals surface area contributed by atoms with E-state index in [0.29, 0.717) is 6.61 Å². The van der Waals surface area contributed by atoms with E-state index >= 15 is 0 Å². The van der Waals surface area contributed by atoms with Crippen LogP contribution in [0.2, 0.25) is 0 Å². The Morgan fingerprint density at radius 2 is 2.41 bits per heavy atom. The van der Waals surface area contributed by atoms with Gasteiger partial charge in [-0.05, 0) is 18.2 Å². The van der Waals surface area contributed by atoms with E-state index < -0.39 is 0 Å². The number of benzene rings is 1. The third kappa shape index (κ3) is 1.99. The predicted molar refractivity (Wildman–Crippen MR) is 70.0 cm³/mol. The molecule has 5 heteroatoms. The van der Waals surface area contributed by atoms with E-state index in [4.69, 9.17) is 4.74 Å². The minimum Gasteiger partial charge on any atom is -0.378 e. The van der Waals surface area contributed by atoms with E-state index in [1.54, 1.807) is 0 Å². The second-order valence-electron chi connectivity index (χ2n) is 4.24. The van der Waals surface area contributed by atoms with Crippen molar-refractivity contribution >= 4 is 27.0 Å². The molecule has 1 aliphatic heterocycles. The quantitative estimate of drug-likeness (QED) is 0.875. The van der Waals surface area contributed by atoms with Gasteiger partial charge >= 0.3 is 0 Å². The molecular formula is C12H14BrN3O. The summed E-state index contributed by atoms with van der Waals surface area (Å²) in [7, 11) is 2.05. The van der Waals surface area contributed by atoms with Crippen molar-refractivity contribution in [3.63, 3.8) is 0 Å². The second kappa shape index (κ2) is 4.40. The maximum Gasteiger partial charge on any atom is 0.129 e. The van der Waals surface area contributed by atoms with Crippen LogP contribution in [-0.4, -0.2) is 29.3 Å². The fourth-order valence-electron chi connectivity index (χ4n) is 2.23. The number of nitrogens with one attached hydrogen (secondary N) is 1. The van der Waals surface area contributed by atoms with E-state index in [2.05, 4.69) is 43.9 Å². The Labute approximate surface area is 108 Å². The lowest BCUT2D eigenvalue weighted by atomic mass is 10.2. The van der Waals surface area contributed by atoms with E-state index in [-0.39, 0.29) is 6.04 Å². The Morgan fingerprint density at radius 1 is 1.53 bits per heavy atom. The largest absolute Gasteiger partial charge is 0.378 e. The molecule has 2 aromatic rings. The van der Waals surface area contributed by atoms with E-state index in [1.165, 1.54) is 0 Å². The third-order valence-electron chi connectivity index (χ3n) is 3.11. The monoisotopic (exact) mass is 295 g/mol. The molecule has 1 N–H and O–H groups in total. The number of hydrogen-bond acceptors (Lipinski definition) is 3. The molecule has 3 rings (SSSR count). The molecule has 1 aliphatic rings. The molecular weight excluding hydrogens is 282 g/mol. The van der Waals surface area contributed by atoms with E-state index in [1.807, 2.05) is 12.1 Å². The van der Waals surface area contributed by atoms with Gasteiger partial charge < -0.3 is 14.6 Å². The molecule has 0 amide bonds. The van der Waals surface area contributed by atoms with Gasteiger partial charge in [0.2, 0.25) is 0 Å². The highest BCUT2D eigenvalue weighted by Crippen LogP contribution is 2.23. The molecule has 1 unspecified atom stereocenters. The van der Waals surface area contributed by atoms with Gasteiger partial charge in [0.25, 0.3) is 0 Å². The number of hydrogen-bond donors (Lipinski definition) is 1. The number of morpholine rings is 1. The van der Waals surface area contributed by atoms with Crippen LogP contribution in [0, 0.1) is 0 Å². The Balaban J connectivity index is 2.07. The number of aryl methyl sites for hydroxylation is 1. The first kappa shape index (κ1) is 11.2. The van der Waals surface area contributed by atoms with Gasteiger partial charge in [-0.2, -0.15) is 0 Å². The van der Waals surface area contributed by atoms with Crippen molar-refractivity contribution in [2.45, 2.75) is 6.04 Å². The Hall–Kier alpha value is -0.910. The zero-order valence-corrected chi connectivity index (χ0v) is 11.2. The molecule has 0 bridgehead atoms. The number of nitrogens with zero attached hydrogens (tertiary/aromatic N) is 2. The highest BCUT2D eigenvalue weighted by molar-refractivity contribution is 9.10. The zero-order chi connectivity index (χ0) is 11.8. The molecule has 0 spiro atoms. The van der Waals surface area contributed by atoms with Crippen molar-refractivity contribution in [2.24, 2.45) is 7.05 Å². The van der Waals surface area contributed by atoms with Crippen LogP contribution in [-0.2, 0) is 11.8 Å². The standard InChI is InChI=1S/C12H14BrN3O/c1-16-11-3-2-8(13)6-9(11)15-12(16)10-7-17-5-4-14-10/h2-3,6,10,14H,4-5,7H2,1H3. The summed E-state index contributed by atoms with van der Waals surface area (Å²) in [4.78, 5) is 4.69. The smallest absolute Gasteiger partial charge is 0.129 e. The molecule has 1 fully saturated rings. The SMILES string of the molecule is Cn1c(C2COCCN2)nc2cc(Br)ccc21. The lowest BCUT2D eigenvalue weighted by Gasteiger charge is -2.23. The van der Waals surface area contributed by atoms with Gasteiger partial charge in [-0.1, -0.05) is 15.9 Å². The summed E-state index contributed by atoms with van der Waals surface area (Å²) in [5.41, 5.74) is 2.17. The van der Waals surface area contributed by atoms with Gasteiger partial charge in [0, 0.05) is 18.1 Å². The number of ether oxygens (including phenoxy) is 1. The van der Waals surface area contributed by atoms with E-state index in [9.17, 15) is 0 Å². The topological polar surface area (TPSA) is 39.1 Å². The summed E-state index contributed by atoms with van der Waals surface area (Å²) >= 11 is 3.47. The molecule has 1 atom stereocenters. The number of aromatic nitrogens is 2. The minimum absolute atomic E-state index is 0.194. The van der Waals surface area contributed by atoms with Gasteiger partial charge in [0.1, 0.15) is 5.82 Å². The Kier molecular flexibility index (Phi) is 2.90. The Bertz CT molecular complexity index is 546. The molecule has 0 radical (unpaired) electrons. The summed E-state index contributed by atoms with van der Waals surface area (Å²) in [5, 5.41) is 3.43. The van der Waals surface area contributed by atoms with Crippen molar-refractivity contribution in [3.05, 3.63) is 28.5 Å². The zero-order valence-electron chi connectivity index (χ0n) is 9.61. The average Bonchev–Trinajstić information content (AvgIpc) is 2.67. The van der Waals surface area contributed by atoms with Crippen LogP contribution in [0.4, 0.5) is 0 Å². The van der Waals surface area contributed by atoms with Crippen LogP contribution in [0.25, 0.3) is 11.0 Å². The van der Waals surface area contributed by atoms with Crippen LogP contribution < -0.4 is 5.32 Å². The lowest BCUT2D eigenvalue weighted by molar-refractivity contribution is 0.0735. The summed E-state index contributed by atoms with van der Waals surface area (Å²) in [6.45, 7) is 2.36. The Morgan fingerprint density at radius 3 is 3.18 bits per heavy atom. The molecule has 0 aliphatic carbocycles. The normalized spacial score (nSPS) is 20.9. The highest BCUT2D eigenvalue weighted by Gasteiger charge is 2.20. The summed E-state index contributed by atoms with van der Waals surface area (Å²) < 4.78 is 8.68. The third-order valence-corrected chi connectivity index (χ3v) is 3.60. The van der Waals surface area contributed by atoms with Crippen LogP contribution in [0.15, 0.2) is 22.7 Å². The molecule has 1 aromatic carbocycles. The molecule has 0 saturated carbocycles. The molecule has 4 nitrogen and oxygen atoms in total. The number of imidazole rings is 1. The van der Waals surface area contributed by atoms with Crippen LogP contribution >= 0.6 is 15.9 Å².